The summed E-state index contributed by atoms with van der Waals surface area (Å²) in [5.41, 5.74) is 0. The molecule has 104 heavy (non-hydrogen) atoms. The highest BCUT2D eigenvalue weighted by atomic mass is 16.6. The smallest absolute Gasteiger partial charge is 0.372 e. The summed E-state index contributed by atoms with van der Waals surface area (Å²) < 4.78 is 36.7. The maximum atomic E-state index is 13.4. The summed E-state index contributed by atoms with van der Waals surface area (Å²) in [4.78, 5) is 81.4. The number of ether oxygens (including phenoxy) is 6. The van der Waals surface area contributed by atoms with E-state index in [0.717, 1.165) is 116 Å². The van der Waals surface area contributed by atoms with E-state index in [1.54, 1.807) is 35.0 Å². The van der Waals surface area contributed by atoms with Crippen molar-refractivity contribution in [2.24, 2.45) is 0 Å². The molecule has 0 bridgehead atoms. The predicted molar refractivity (Wildman–Crippen MR) is 424 cm³/mol. The van der Waals surface area contributed by atoms with Gasteiger partial charge in [-0.1, -0.05) is 283 Å². The molecule has 0 amide bonds. The van der Waals surface area contributed by atoms with E-state index in [-0.39, 0.29) is 70.1 Å². The van der Waals surface area contributed by atoms with Gasteiger partial charge in [0, 0.05) is 6.42 Å². The van der Waals surface area contributed by atoms with E-state index in [1.165, 1.54) is 160 Å². The number of aliphatic hydroxyl groups excluding tert-OH is 3. The minimum absolute atomic E-state index is 0.0128. The Kier molecular flexibility index (Phi) is 67.2. The van der Waals surface area contributed by atoms with Gasteiger partial charge in [-0.15, -0.1) is 0 Å². The zero-order chi connectivity index (χ0) is 77.0. The molecule has 0 aromatic rings. The molecule has 3 N–H and O–H groups in total. The van der Waals surface area contributed by atoms with Gasteiger partial charge in [0.05, 0.1) is 64.8 Å². The van der Waals surface area contributed by atoms with Crippen molar-refractivity contribution in [2.45, 2.75) is 399 Å². The van der Waals surface area contributed by atoms with Crippen molar-refractivity contribution in [3.05, 3.63) is 36.5 Å². The fourth-order valence-electron chi connectivity index (χ4n) is 12.8. The number of nitrogens with zero attached hydrogens (tertiary/aromatic N) is 3. The number of aliphatic hydroxyl groups is 3. The molecule has 0 saturated heterocycles. The van der Waals surface area contributed by atoms with Crippen LogP contribution in [0, 0.1) is 0 Å². The molecule has 0 spiro atoms. The van der Waals surface area contributed by atoms with Gasteiger partial charge in [-0.25, -0.2) is 14.2 Å². The molecule has 0 saturated carbocycles. The lowest BCUT2D eigenvalue weighted by molar-refractivity contribution is -0.883. The average molecular weight is 1480 g/mol. The second-order valence-corrected chi connectivity index (χ2v) is 30.5. The second-order valence-electron chi connectivity index (χ2n) is 30.5. The van der Waals surface area contributed by atoms with E-state index in [4.69, 9.17) is 28.4 Å². The Morgan fingerprint density at radius 3 is 1.09 bits per heavy atom. The number of hydrogen-bond acceptors (Lipinski definition) is 16. The first-order valence-corrected chi connectivity index (χ1v) is 42.4. The summed E-state index contributed by atoms with van der Waals surface area (Å²) in [7, 11) is 6.00. The third-order valence-electron chi connectivity index (χ3n) is 19.5. The zero-order valence-corrected chi connectivity index (χ0v) is 68.1. The lowest BCUT2D eigenvalue weighted by Crippen LogP contribution is -2.46. The van der Waals surface area contributed by atoms with Crippen LogP contribution in [0.1, 0.15) is 356 Å². The number of quaternary nitrogens is 1. The summed E-state index contributed by atoms with van der Waals surface area (Å²) in [5, 5.41) is 33.9. The Bertz CT molecular complexity index is 2210. The zero-order valence-electron chi connectivity index (χ0n) is 68.1. The first-order valence-electron chi connectivity index (χ1n) is 42.4. The Balaban J connectivity index is 5.91. The van der Waals surface area contributed by atoms with Crippen molar-refractivity contribution in [2.75, 3.05) is 73.6 Å². The molecule has 18 nitrogen and oxygen atoms in total. The van der Waals surface area contributed by atoms with Crippen LogP contribution >= 0.6 is 0 Å². The van der Waals surface area contributed by atoms with Crippen molar-refractivity contribution in [1.29, 1.82) is 0 Å². The molecule has 7 unspecified atom stereocenters. The third-order valence-corrected chi connectivity index (χ3v) is 19.5. The van der Waals surface area contributed by atoms with Crippen LogP contribution in [0.25, 0.3) is 0 Å². The molecular formula is C86H159N3O15+2. The predicted octanol–water partition coefficient (Wildman–Crippen LogP) is 18.4. The summed E-state index contributed by atoms with van der Waals surface area (Å²) in [6, 6.07) is 0. The Morgan fingerprint density at radius 2 is 0.702 bits per heavy atom. The first-order chi connectivity index (χ1) is 50.2. The normalized spacial score (nSPS) is 14.0. The van der Waals surface area contributed by atoms with Crippen LogP contribution in [0.3, 0.4) is 0 Å². The van der Waals surface area contributed by atoms with Crippen molar-refractivity contribution in [3.8, 4) is 0 Å². The van der Waals surface area contributed by atoms with Gasteiger partial charge in [0.2, 0.25) is 6.54 Å². The number of carbonyl (C=O) groups excluding carboxylic acids is 6. The lowest BCUT2D eigenvalue weighted by Gasteiger charge is -2.30. The van der Waals surface area contributed by atoms with Crippen LogP contribution in [0.15, 0.2) is 36.5 Å². The molecule has 0 heterocycles. The highest BCUT2D eigenvalue weighted by Gasteiger charge is 2.29. The molecule has 7 atom stereocenters. The molecule has 0 radical (unpaired) electrons. The Morgan fingerprint density at radius 1 is 0.385 bits per heavy atom. The summed E-state index contributed by atoms with van der Waals surface area (Å²) in [6.07, 6.45) is 50.7. The molecule has 0 aliphatic carbocycles. The Labute approximate surface area is 635 Å². The molecule has 0 aliphatic rings. The highest BCUT2D eigenvalue weighted by Crippen LogP contribution is 2.21. The van der Waals surface area contributed by atoms with Crippen molar-refractivity contribution < 1.29 is 81.6 Å². The van der Waals surface area contributed by atoms with E-state index in [9.17, 15) is 44.1 Å². The Hall–Kier alpha value is -4.49. The molecule has 606 valence electrons. The van der Waals surface area contributed by atoms with Crippen LogP contribution in [0.2, 0.25) is 0 Å². The number of unbranched alkanes of at least 4 members (excludes halogenated alkanes) is 34. The van der Waals surface area contributed by atoms with Gasteiger partial charge in [0.25, 0.3) is 0 Å². The first kappa shape index (κ1) is 99.5. The average Bonchev–Trinajstić information content (AvgIpc) is 0.910. The van der Waals surface area contributed by atoms with Crippen molar-refractivity contribution >= 4 is 42.5 Å². The monoisotopic (exact) mass is 1470 g/mol. The minimum atomic E-state index is -1.19. The minimum Gasteiger partial charge on any atom is -0.461 e. The third kappa shape index (κ3) is 62.5. The topological polar surface area (TPSA) is 225 Å². The summed E-state index contributed by atoms with van der Waals surface area (Å²) >= 11 is 0. The summed E-state index contributed by atoms with van der Waals surface area (Å²) in [6.45, 7) is 18.8. The number of esters is 6. The van der Waals surface area contributed by atoms with Crippen LogP contribution in [-0.2, 0) is 57.2 Å². The van der Waals surface area contributed by atoms with Crippen LogP contribution < -0.4 is 0 Å². The quantitative estimate of drug-likeness (QED) is 0.00979. The van der Waals surface area contributed by atoms with Gasteiger partial charge in [-0.3, -0.25) is 24.1 Å². The maximum Gasteiger partial charge on any atom is 0.372 e. The van der Waals surface area contributed by atoms with Crippen LogP contribution in [0.4, 0.5) is 0 Å². The van der Waals surface area contributed by atoms with Gasteiger partial charge in [0.1, 0.15) is 44.8 Å². The fraction of sp³-hybridized carbons (Fsp3) is 0.849. The van der Waals surface area contributed by atoms with E-state index in [1.807, 2.05) is 26.0 Å². The van der Waals surface area contributed by atoms with Gasteiger partial charge in [0.15, 0.2) is 12.6 Å². The molecule has 0 rings (SSSR count). The van der Waals surface area contributed by atoms with E-state index in [2.05, 4.69) is 48.3 Å². The standard InChI is InChI=1S/C86H159N3O15/c1-11-17-23-26-29-32-35-37-40-43-55-67-88(8)69-84(96)102-78(60-45-20-14-4)75(90)57-48-51-63-81(93)99-72-74(101-83(95)65-53-50-59-76(91)79(61-46-21-15-5)103-85(97)70-87(7)66-54-42-39-36-33-30-27-24-18-12-2)73-100-82(94)64-52-49-58-77(92)80(62-47-22-16-6)104-86(98)71-89(9,10)68-56-44-41-38-34-31-28-25-19-13-3/h48-53,74-80,90-92H,7,11-47,54-73H2,1-6,8-10H3/q+2/b51-48+,52-49+,53-50+. The maximum absolute atomic E-state index is 13.4. The molecule has 18 heteroatoms. The van der Waals surface area contributed by atoms with Crippen LogP contribution in [-0.4, -0.2) is 188 Å². The van der Waals surface area contributed by atoms with Gasteiger partial charge >= 0.3 is 35.8 Å². The molecule has 0 aliphatic heterocycles. The molecule has 0 fully saturated rings. The van der Waals surface area contributed by atoms with E-state index in [0.29, 0.717) is 30.3 Å². The van der Waals surface area contributed by atoms with Crippen molar-refractivity contribution in [1.82, 2.24) is 4.90 Å². The van der Waals surface area contributed by atoms with Gasteiger partial charge in [-0.2, -0.15) is 0 Å². The number of likely N-dealkylation sites (N-methyl/N-ethyl adjacent to an activating group) is 2. The fourth-order valence-corrected chi connectivity index (χ4v) is 12.8. The van der Waals surface area contributed by atoms with Gasteiger partial charge in [-0.05, 0) is 97.1 Å². The van der Waals surface area contributed by atoms with Crippen LogP contribution in [0.5, 0.6) is 0 Å². The van der Waals surface area contributed by atoms with Crippen molar-refractivity contribution in [3.63, 3.8) is 0 Å². The SMILES string of the molecule is C=[N+](CCCCCCCCCCCC)CC(=O)OC(CCCCC)C(O)C/C=C/CC(=O)OC(COC(=O)C/C=C/CC(O)C(CCCCC)OC(=O)CN(C)CCCCCCCCCCCCC)COC(=O)C/C=C/CC(O)C(CCCCC)OC(=O)C[N+](C)(C)CCCCCCCCCCCC. The molecule has 0 aromatic heterocycles. The largest absolute Gasteiger partial charge is 0.461 e. The molecule has 0 aromatic carbocycles. The molecular weight excluding hydrogens is 1310 g/mol. The second kappa shape index (κ2) is 70.2. The van der Waals surface area contributed by atoms with E-state index < -0.39 is 79.8 Å². The number of rotatable bonds is 75. The highest BCUT2D eigenvalue weighted by molar-refractivity contribution is 5.73. The lowest BCUT2D eigenvalue weighted by atomic mass is 10.0. The number of carbonyl (C=O) groups is 6. The van der Waals surface area contributed by atoms with Gasteiger partial charge < -0.3 is 48.2 Å². The number of hydrogen-bond donors (Lipinski definition) is 3. The van der Waals surface area contributed by atoms with E-state index >= 15 is 0 Å². The summed E-state index contributed by atoms with van der Waals surface area (Å²) in [5.74, 6) is -3.23.